The van der Waals surface area contributed by atoms with Gasteiger partial charge >= 0.3 is 5.97 Å². The van der Waals surface area contributed by atoms with E-state index in [4.69, 9.17) is 4.74 Å². The van der Waals surface area contributed by atoms with Gasteiger partial charge in [-0.05, 0) is 73.6 Å². The topological polar surface area (TPSA) is 78.5 Å². The summed E-state index contributed by atoms with van der Waals surface area (Å²) in [5.74, 6) is -0.0641. The van der Waals surface area contributed by atoms with Crippen LogP contribution < -0.4 is 4.74 Å². The Bertz CT molecular complexity index is 1250. The van der Waals surface area contributed by atoms with Crippen LogP contribution in [0.2, 0.25) is 0 Å². The molecule has 152 valence electrons. The maximum atomic E-state index is 11.3. The van der Waals surface area contributed by atoms with Crippen molar-refractivity contribution in [2.45, 2.75) is 18.9 Å². The first-order chi connectivity index (χ1) is 14.6. The number of carboxylic acids is 1. The van der Waals surface area contributed by atoms with E-state index in [1.807, 2.05) is 12.1 Å². The number of carbonyl (C=O) groups is 1. The van der Waals surface area contributed by atoms with Crippen LogP contribution in [0.15, 0.2) is 54.6 Å². The lowest BCUT2D eigenvalue weighted by Crippen LogP contribution is -2.30. The third-order valence-electron chi connectivity index (χ3n) is 6.01. The minimum Gasteiger partial charge on any atom is -0.492 e. The van der Waals surface area contributed by atoms with Crippen molar-refractivity contribution in [3.05, 3.63) is 60.2 Å². The molecule has 4 aromatic rings. The van der Waals surface area contributed by atoms with E-state index >= 15 is 0 Å². The number of benzene rings is 3. The molecule has 2 N–H and O–H groups in total. The number of likely N-dealkylation sites (N-methyl/N-ethyl adjacent to an activating group) is 1. The van der Waals surface area contributed by atoms with Gasteiger partial charge in [0.1, 0.15) is 12.4 Å². The molecule has 1 saturated heterocycles. The van der Waals surface area contributed by atoms with E-state index < -0.39 is 5.97 Å². The highest BCUT2D eigenvalue weighted by atomic mass is 16.5. The molecule has 5 rings (SSSR count). The summed E-state index contributed by atoms with van der Waals surface area (Å²) >= 11 is 0. The first-order valence-corrected chi connectivity index (χ1v) is 10.2. The molecule has 2 heterocycles. The fourth-order valence-corrected chi connectivity index (χ4v) is 4.21. The van der Waals surface area contributed by atoms with Crippen molar-refractivity contribution in [1.29, 1.82) is 0 Å². The molecule has 1 aliphatic rings. The molecule has 0 aliphatic carbocycles. The van der Waals surface area contributed by atoms with Crippen LogP contribution in [0.5, 0.6) is 5.75 Å². The van der Waals surface area contributed by atoms with Crippen LogP contribution in [0.1, 0.15) is 23.2 Å². The molecule has 0 saturated carbocycles. The number of nitrogens with zero attached hydrogens (tertiary/aromatic N) is 2. The van der Waals surface area contributed by atoms with Crippen molar-refractivity contribution in [2.75, 3.05) is 20.2 Å². The van der Waals surface area contributed by atoms with E-state index in [1.165, 1.54) is 12.8 Å². The van der Waals surface area contributed by atoms with Gasteiger partial charge in [0.2, 0.25) is 0 Å². The molecule has 3 aromatic carbocycles. The molecular weight excluding hydrogens is 378 g/mol. The SMILES string of the molecule is CN1CCC[C@H]1COc1ccc2cc(-c3n[nH]c4ccc(C(=O)O)cc34)ccc2c1. The largest absolute Gasteiger partial charge is 0.492 e. The van der Waals surface area contributed by atoms with Crippen molar-refractivity contribution in [3.63, 3.8) is 0 Å². The monoisotopic (exact) mass is 401 g/mol. The Morgan fingerprint density at radius 2 is 2.00 bits per heavy atom. The van der Waals surface area contributed by atoms with Crippen LogP contribution in [0.3, 0.4) is 0 Å². The summed E-state index contributed by atoms with van der Waals surface area (Å²) in [5.41, 5.74) is 2.76. The molecule has 0 spiro atoms. The minimum atomic E-state index is -0.945. The molecule has 0 radical (unpaired) electrons. The number of aromatic nitrogens is 2. The normalized spacial score (nSPS) is 17.0. The summed E-state index contributed by atoms with van der Waals surface area (Å²) in [6.07, 6.45) is 2.43. The van der Waals surface area contributed by atoms with E-state index in [1.54, 1.807) is 18.2 Å². The Hall–Kier alpha value is -3.38. The molecule has 6 nitrogen and oxygen atoms in total. The van der Waals surface area contributed by atoms with Crippen molar-refractivity contribution in [3.8, 4) is 17.0 Å². The van der Waals surface area contributed by atoms with Gasteiger partial charge in [0.15, 0.2) is 0 Å². The zero-order valence-electron chi connectivity index (χ0n) is 16.8. The lowest BCUT2D eigenvalue weighted by atomic mass is 10.0. The first kappa shape index (κ1) is 18.6. The second kappa shape index (κ2) is 7.46. The molecule has 1 aliphatic heterocycles. The number of likely N-dealkylation sites (tertiary alicyclic amines) is 1. The standard InChI is InChI=1S/C24H23N3O3/c1-27-10-2-3-19(27)14-30-20-8-6-15-11-17(5-4-16(15)12-20)23-21-13-18(24(28)29)7-9-22(21)25-26-23/h4-9,11-13,19H,2-3,10,14H2,1H3,(H,25,26)(H,28,29)/t19-/m0/s1. The Balaban J connectivity index is 1.43. The van der Waals surface area contributed by atoms with Crippen LogP contribution in [0.25, 0.3) is 32.9 Å². The fourth-order valence-electron chi connectivity index (χ4n) is 4.21. The van der Waals surface area contributed by atoms with Crippen LogP contribution in [-0.4, -0.2) is 52.4 Å². The van der Waals surface area contributed by atoms with Gasteiger partial charge in [0, 0.05) is 17.0 Å². The number of ether oxygens (including phenoxy) is 1. The molecular formula is C24H23N3O3. The van der Waals surface area contributed by atoms with Gasteiger partial charge in [-0.2, -0.15) is 5.10 Å². The van der Waals surface area contributed by atoms with E-state index in [2.05, 4.69) is 46.4 Å². The summed E-state index contributed by atoms with van der Waals surface area (Å²) in [6.45, 7) is 1.86. The van der Waals surface area contributed by atoms with Crippen LogP contribution in [0, 0.1) is 0 Å². The van der Waals surface area contributed by atoms with Crippen molar-refractivity contribution >= 4 is 27.6 Å². The van der Waals surface area contributed by atoms with Crippen molar-refractivity contribution in [2.24, 2.45) is 0 Å². The van der Waals surface area contributed by atoms with Gasteiger partial charge in [-0.1, -0.05) is 18.2 Å². The van der Waals surface area contributed by atoms with Crippen LogP contribution in [-0.2, 0) is 0 Å². The average molecular weight is 401 g/mol. The molecule has 0 bridgehead atoms. The number of fused-ring (bicyclic) bond motifs is 2. The molecule has 1 atom stereocenters. The minimum absolute atomic E-state index is 0.251. The Labute approximate surface area is 174 Å². The van der Waals surface area contributed by atoms with E-state index in [0.29, 0.717) is 12.6 Å². The summed E-state index contributed by atoms with van der Waals surface area (Å²) in [4.78, 5) is 13.7. The highest BCUT2D eigenvalue weighted by Gasteiger charge is 2.21. The first-order valence-electron chi connectivity index (χ1n) is 10.2. The molecule has 1 aromatic heterocycles. The second-order valence-electron chi connectivity index (χ2n) is 7.95. The summed E-state index contributed by atoms with van der Waals surface area (Å²) in [7, 11) is 2.15. The number of rotatable bonds is 5. The third kappa shape index (κ3) is 3.39. The molecule has 6 heteroatoms. The van der Waals surface area contributed by atoms with E-state index in [-0.39, 0.29) is 5.56 Å². The molecule has 0 unspecified atom stereocenters. The summed E-state index contributed by atoms with van der Waals surface area (Å²) < 4.78 is 6.05. The number of carboxylic acid groups (broad SMARTS) is 1. The average Bonchev–Trinajstić information content (AvgIpc) is 3.37. The van der Waals surface area contributed by atoms with E-state index in [0.717, 1.165) is 45.2 Å². The smallest absolute Gasteiger partial charge is 0.335 e. The maximum absolute atomic E-state index is 11.3. The van der Waals surface area contributed by atoms with Crippen molar-refractivity contribution < 1.29 is 14.6 Å². The molecule has 0 amide bonds. The second-order valence-corrected chi connectivity index (χ2v) is 7.95. The Morgan fingerprint density at radius 1 is 1.17 bits per heavy atom. The highest BCUT2D eigenvalue weighted by molar-refractivity contribution is 6.00. The maximum Gasteiger partial charge on any atom is 0.335 e. The molecule has 1 fully saturated rings. The zero-order valence-corrected chi connectivity index (χ0v) is 16.8. The van der Waals surface area contributed by atoms with Gasteiger partial charge in [-0.15, -0.1) is 0 Å². The zero-order chi connectivity index (χ0) is 20.7. The van der Waals surface area contributed by atoms with Gasteiger partial charge in [0.25, 0.3) is 0 Å². The number of nitrogens with one attached hydrogen (secondary N) is 1. The predicted molar refractivity (Wildman–Crippen MR) is 117 cm³/mol. The number of aromatic amines is 1. The number of H-pyrrole nitrogens is 1. The summed E-state index contributed by atoms with van der Waals surface area (Å²) in [6, 6.07) is 17.8. The van der Waals surface area contributed by atoms with Gasteiger partial charge in [-0.3, -0.25) is 5.10 Å². The van der Waals surface area contributed by atoms with Gasteiger partial charge < -0.3 is 14.7 Å². The predicted octanol–water partition coefficient (Wildman–Crippen LogP) is 4.55. The lowest BCUT2D eigenvalue weighted by Gasteiger charge is -2.19. The van der Waals surface area contributed by atoms with Crippen LogP contribution >= 0.6 is 0 Å². The number of aromatic carboxylic acids is 1. The summed E-state index contributed by atoms with van der Waals surface area (Å²) in [5, 5.41) is 19.7. The Kier molecular flexibility index (Phi) is 4.64. The van der Waals surface area contributed by atoms with Gasteiger partial charge in [-0.25, -0.2) is 4.79 Å². The Morgan fingerprint density at radius 3 is 2.80 bits per heavy atom. The van der Waals surface area contributed by atoms with Gasteiger partial charge in [0.05, 0.1) is 16.8 Å². The highest BCUT2D eigenvalue weighted by Crippen LogP contribution is 2.31. The quantitative estimate of drug-likeness (QED) is 0.513. The van der Waals surface area contributed by atoms with Crippen molar-refractivity contribution in [1.82, 2.24) is 15.1 Å². The van der Waals surface area contributed by atoms with E-state index in [9.17, 15) is 9.90 Å². The third-order valence-corrected chi connectivity index (χ3v) is 6.01. The lowest BCUT2D eigenvalue weighted by molar-refractivity contribution is 0.0697. The fraction of sp³-hybridized carbons (Fsp3) is 0.250. The van der Waals surface area contributed by atoms with Crippen LogP contribution in [0.4, 0.5) is 0 Å². The number of hydrogen-bond acceptors (Lipinski definition) is 4. The number of hydrogen-bond donors (Lipinski definition) is 2. The molecule has 30 heavy (non-hydrogen) atoms.